The molecule has 4 bridgehead atoms. The summed E-state index contributed by atoms with van der Waals surface area (Å²) in [7, 11) is 3.37. The third-order valence-corrected chi connectivity index (χ3v) is 6.64. The maximum absolute atomic E-state index is 6.33. The number of benzene rings is 3. The molecule has 3 aromatic carbocycles. The van der Waals surface area contributed by atoms with Crippen LogP contribution in [0.1, 0.15) is 48.8 Å². The van der Waals surface area contributed by atoms with Crippen molar-refractivity contribution in [2.45, 2.75) is 57.4 Å². The molecule has 0 fully saturated rings. The molecule has 0 saturated heterocycles. The van der Waals surface area contributed by atoms with Gasteiger partial charge in [-0.1, -0.05) is 48.9 Å². The van der Waals surface area contributed by atoms with Crippen molar-refractivity contribution < 1.29 is 14.2 Å². The first-order valence-corrected chi connectivity index (χ1v) is 12.5. The predicted molar refractivity (Wildman–Crippen MR) is 138 cm³/mol. The highest BCUT2D eigenvalue weighted by Crippen LogP contribution is 2.38. The normalized spacial score (nSPS) is 16.2. The van der Waals surface area contributed by atoms with Crippen molar-refractivity contribution in [1.29, 1.82) is 0 Å². The Kier molecular flexibility index (Phi) is 8.86. The van der Waals surface area contributed by atoms with Gasteiger partial charge in [-0.2, -0.15) is 0 Å². The summed E-state index contributed by atoms with van der Waals surface area (Å²) in [5, 5.41) is 3.85. The molecule has 3 aromatic rings. The Hall–Kier alpha value is -2.98. The van der Waals surface area contributed by atoms with Crippen LogP contribution in [0.2, 0.25) is 0 Å². The van der Waals surface area contributed by atoms with E-state index in [2.05, 4.69) is 59.9 Å². The average Bonchev–Trinajstić information content (AvgIpc) is 2.87. The lowest BCUT2D eigenvalue weighted by Crippen LogP contribution is -2.30. The summed E-state index contributed by atoms with van der Waals surface area (Å²) in [6, 6.07) is 23.8. The average molecular weight is 460 g/mol. The molecule has 0 spiro atoms. The number of fused-ring (bicyclic) bond motifs is 4. The van der Waals surface area contributed by atoms with E-state index in [0.29, 0.717) is 6.04 Å². The van der Waals surface area contributed by atoms with Gasteiger partial charge in [0.25, 0.3) is 0 Å². The Balaban J connectivity index is 1.45. The lowest BCUT2D eigenvalue weighted by molar-refractivity contribution is 0.355. The van der Waals surface area contributed by atoms with Gasteiger partial charge in [-0.25, -0.2) is 0 Å². The van der Waals surface area contributed by atoms with Crippen molar-refractivity contribution in [2.24, 2.45) is 0 Å². The fourth-order valence-corrected chi connectivity index (χ4v) is 4.68. The van der Waals surface area contributed by atoms with Gasteiger partial charge < -0.3 is 19.5 Å². The van der Waals surface area contributed by atoms with Gasteiger partial charge in [0.2, 0.25) is 0 Å². The third-order valence-electron chi connectivity index (χ3n) is 6.64. The zero-order valence-electron chi connectivity index (χ0n) is 20.5. The summed E-state index contributed by atoms with van der Waals surface area (Å²) in [6.45, 7) is 1.05. The number of hydrogen-bond acceptors (Lipinski definition) is 4. The second kappa shape index (κ2) is 12.5. The van der Waals surface area contributed by atoms with E-state index in [9.17, 15) is 0 Å². The largest absolute Gasteiger partial charge is 0.493 e. The Labute approximate surface area is 204 Å². The van der Waals surface area contributed by atoms with Crippen LogP contribution in [0.3, 0.4) is 0 Å². The summed E-state index contributed by atoms with van der Waals surface area (Å²) in [6.07, 6.45) is 9.04. The van der Waals surface area contributed by atoms with E-state index >= 15 is 0 Å². The van der Waals surface area contributed by atoms with E-state index in [1.165, 1.54) is 36.0 Å². The Bertz CT molecular complexity index is 1030. The number of ether oxygens (including phenoxy) is 3. The van der Waals surface area contributed by atoms with Crippen molar-refractivity contribution in [3.63, 3.8) is 0 Å². The molecule has 0 amide bonds. The van der Waals surface area contributed by atoms with Crippen LogP contribution >= 0.6 is 0 Å². The van der Waals surface area contributed by atoms with Crippen molar-refractivity contribution >= 4 is 0 Å². The smallest absolute Gasteiger partial charge is 0.169 e. The van der Waals surface area contributed by atoms with Gasteiger partial charge in [-0.3, -0.25) is 0 Å². The maximum Gasteiger partial charge on any atom is 0.169 e. The number of aryl methyl sites for hydroxylation is 3. The molecule has 4 nitrogen and oxygen atoms in total. The number of hydrogen-bond donors (Lipinski definition) is 1. The highest BCUT2D eigenvalue weighted by atomic mass is 16.5. The van der Waals surface area contributed by atoms with Gasteiger partial charge >= 0.3 is 0 Å². The number of nitrogens with one attached hydrogen (secondary N) is 1. The molecule has 1 unspecified atom stereocenters. The molecule has 0 saturated carbocycles. The van der Waals surface area contributed by atoms with E-state index in [0.717, 1.165) is 61.6 Å². The lowest BCUT2D eigenvalue weighted by atomic mass is 9.98. The molecule has 0 radical (unpaired) electrons. The van der Waals surface area contributed by atoms with Crippen LogP contribution < -0.4 is 19.5 Å². The SMILES string of the molecule is COc1ccc2cc1Oc1cc(ccc1OC)CCC(NCCCc1ccccc1)CCCC2. The van der Waals surface area contributed by atoms with E-state index < -0.39 is 0 Å². The van der Waals surface area contributed by atoms with Crippen molar-refractivity contribution in [1.82, 2.24) is 5.32 Å². The number of rotatable bonds is 7. The fraction of sp³-hybridized carbons (Fsp3) is 0.400. The summed E-state index contributed by atoms with van der Waals surface area (Å²) >= 11 is 0. The topological polar surface area (TPSA) is 39.7 Å². The highest BCUT2D eigenvalue weighted by molar-refractivity contribution is 5.50. The van der Waals surface area contributed by atoms with Gasteiger partial charge in [0.1, 0.15) is 0 Å². The second-order valence-corrected chi connectivity index (χ2v) is 9.10. The third kappa shape index (κ3) is 6.77. The van der Waals surface area contributed by atoms with Crippen LogP contribution in [0.5, 0.6) is 23.0 Å². The zero-order valence-corrected chi connectivity index (χ0v) is 20.5. The minimum absolute atomic E-state index is 0.525. The van der Waals surface area contributed by atoms with Crippen LogP contribution in [-0.2, 0) is 19.3 Å². The van der Waals surface area contributed by atoms with Crippen LogP contribution in [0, 0.1) is 0 Å². The maximum atomic E-state index is 6.33. The molecule has 1 atom stereocenters. The molecule has 1 heterocycles. The second-order valence-electron chi connectivity index (χ2n) is 9.10. The molecule has 0 aromatic heterocycles. The monoisotopic (exact) mass is 459 g/mol. The molecule has 0 aliphatic carbocycles. The number of methoxy groups -OCH3 is 2. The first kappa shape index (κ1) is 24.2. The van der Waals surface area contributed by atoms with E-state index in [4.69, 9.17) is 14.2 Å². The van der Waals surface area contributed by atoms with Gasteiger partial charge in [-0.15, -0.1) is 0 Å². The molecular formula is C30H37NO3. The van der Waals surface area contributed by atoms with E-state index in [-0.39, 0.29) is 0 Å². The minimum Gasteiger partial charge on any atom is -0.493 e. The summed E-state index contributed by atoms with van der Waals surface area (Å²) in [5.74, 6) is 2.95. The first-order chi connectivity index (χ1) is 16.7. The van der Waals surface area contributed by atoms with Crippen LogP contribution in [0.15, 0.2) is 66.7 Å². The molecule has 4 heteroatoms. The Morgan fingerprint density at radius 1 is 0.794 bits per heavy atom. The van der Waals surface area contributed by atoms with Gasteiger partial charge in [0.15, 0.2) is 23.0 Å². The zero-order chi connectivity index (χ0) is 23.6. The van der Waals surface area contributed by atoms with Crippen LogP contribution in [0.25, 0.3) is 0 Å². The first-order valence-electron chi connectivity index (χ1n) is 12.5. The van der Waals surface area contributed by atoms with Crippen LogP contribution in [0.4, 0.5) is 0 Å². The van der Waals surface area contributed by atoms with Crippen molar-refractivity contribution in [3.8, 4) is 23.0 Å². The standard InChI is InChI=1S/C30H37NO3/c1-32-27-18-15-24-11-6-7-13-26(31-20-8-12-23-9-4-3-5-10-23)17-14-25-16-19-28(33-2)30(22-25)34-29(27)21-24/h3-5,9-10,15-16,18-19,21-22,26,31H,6-8,11-14,17,20H2,1-2H3. The quantitative estimate of drug-likeness (QED) is 0.397. The molecule has 4 rings (SSSR count). The molecule has 1 aliphatic rings. The predicted octanol–water partition coefficient (Wildman–Crippen LogP) is 6.75. The minimum atomic E-state index is 0.525. The molecular weight excluding hydrogens is 422 g/mol. The van der Waals surface area contributed by atoms with E-state index in [1.54, 1.807) is 14.2 Å². The molecule has 180 valence electrons. The van der Waals surface area contributed by atoms with E-state index in [1.807, 2.05) is 12.1 Å². The molecule has 1 N–H and O–H groups in total. The van der Waals surface area contributed by atoms with Crippen molar-refractivity contribution in [2.75, 3.05) is 20.8 Å². The lowest BCUT2D eigenvalue weighted by Gasteiger charge is -2.20. The highest BCUT2D eigenvalue weighted by Gasteiger charge is 2.15. The summed E-state index contributed by atoms with van der Waals surface area (Å²) in [4.78, 5) is 0. The Morgan fingerprint density at radius 2 is 1.47 bits per heavy atom. The fourth-order valence-electron chi connectivity index (χ4n) is 4.68. The summed E-state index contributed by atoms with van der Waals surface area (Å²) in [5.41, 5.74) is 3.95. The van der Waals surface area contributed by atoms with Crippen LogP contribution in [-0.4, -0.2) is 26.8 Å². The molecule has 1 aliphatic heterocycles. The Morgan fingerprint density at radius 3 is 2.15 bits per heavy atom. The van der Waals surface area contributed by atoms with Gasteiger partial charge in [0.05, 0.1) is 14.2 Å². The summed E-state index contributed by atoms with van der Waals surface area (Å²) < 4.78 is 17.5. The molecule has 34 heavy (non-hydrogen) atoms. The van der Waals surface area contributed by atoms with Crippen molar-refractivity contribution in [3.05, 3.63) is 83.4 Å². The van der Waals surface area contributed by atoms with Gasteiger partial charge in [0, 0.05) is 6.04 Å². The van der Waals surface area contributed by atoms with Gasteiger partial charge in [-0.05, 0) is 92.4 Å².